The number of nitrogens with zero attached hydrogens (tertiary/aromatic N) is 3. The van der Waals surface area contributed by atoms with Crippen molar-refractivity contribution < 1.29 is 0 Å². The summed E-state index contributed by atoms with van der Waals surface area (Å²) < 4.78 is 0. The normalized spacial score (nSPS) is 16.5. The highest BCUT2D eigenvalue weighted by Crippen LogP contribution is 2.40. The van der Waals surface area contributed by atoms with Gasteiger partial charge < -0.3 is 0 Å². The summed E-state index contributed by atoms with van der Waals surface area (Å²) in [5.74, 6) is 0.616. The summed E-state index contributed by atoms with van der Waals surface area (Å²) in [6.07, 6.45) is 0.819. The number of rotatable bonds is 4. The Labute approximate surface area is 170 Å². The largest absolute Gasteiger partial charge is 0.278 e. The molecule has 0 bridgehead atoms. The molecule has 0 saturated heterocycles. The van der Waals surface area contributed by atoms with Gasteiger partial charge in [0.2, 0.25) is 0 Å². The molecule has 4 nitrogen and oxygen atoms in total. The van der Waals surface area contributed by atoms with Gasteiger partial charge in [0.15, 0.2) is 12.0 Å². The van der Waals surface area contributed by atoms with E-state index in [1.807, 2.05) is 44.2 Å². The number of benzene rings is 2. The van der Waals surface area contributed by atoms with Gasteiger partial charge >= 0.3 is 0 Å². The van der Waals surface area contributed by atoms with Crippen molar-refractivity contribution in [1.29, 1.82) is 0 Å². The van der Waals surface area contributed by atoms with E-state index in [0.29, 0.717) is 5.84 Å². The lowest BCUT2D eigenvalue weighted by molar-refractivity contribution is 0.132. The zero-order valence-electron chi connectivity index (χ0n) is 18.3. The maximum absolute atomic E-state index is 4.38. The van der Waals surface area contributed by atoms with Crippen LogP contribution in [0.5, 0.6) is 0 Å². The summed E-state index contributed by atoms with van der Waals surface area (Å²) in [6, 6.07) is 18.5. The molecule has 1 heterocycles. The zero-order chi connectivity index (χ0) is 20.8. The van der Waals surface area contributed by atoms with Crippen molar-refractivity contribution in [3.63, 3.8) is 0 Å². The second-order valence-corrected chi connectivity index (χ2v) is 8.60. The molecule has 0 aliphatic carbocycles. The van der Waals surface area contributed by atoms with Gasteiger partial charge in [0.05, 0.1) is 0 Å². The Balaban J connectivity index is 0.00000136. The fourth-order valence-corrected chi connectivity index (χ4v) is 2.73. The Morgan fingerprint density at radius 3 is 1.96 bits per heavy atom. The fourth-order valence-electron chi connectivity index (χ4n) is 2.73. The maximum Gasteiger partial charge on any atom is 0.200 e. The SMILES string of the molecule is CC.CC(C)(C)C(C)(C)Cc1ccc(C2N=NC(c3ccccc3)=NN2)cc1. The van der Waals surface area contributed by atoms with E-state index in [1.165, 1.54) is 5.56 Å². The van der Waals surface area contributed by atoms with Crippen molar-refractivity contribution >= 4 is 5.84 Å². The third-order valence-electron chi connectivity index (χ3n) is 5.56. The van der Waals surface area contributed by atoms with E-state index in [1.54, 1.807) is 0 Å². The molecule has 0 amide bonds. The van der Waals surface area contributed by atoms with Crippen LogP contribution in [0, 0.1) is 10.8 Å². The smallest absolute Gasteiger partial charge is 0.200 e. The van der Waals surface area contributed by atoms with E-state index < -0.39 is 0 Å². The minimum absolute atomic E-state index is 0.228. The fraction of sp³-hybridized carbons (Fsp3) is 0.458. The minimum Gasteiger partial charge on any atom is -0.278 e. The van der Waals surface area contributed by atoms with Gasteiger partial charge in [-0.3, -0.25) is 5.43 Å². The van der Waals surface area contributed by atoms with Gasteiger partial charge in [-0.2, -0.15) is 10.2 Å². The Bertz CT molecular complexity index is 797. The molecule has 1 unspecified atom stereocenters. The molecule has 150 valence electrons. The van der Waals surface area contributed by atoms with Gasteiger partial charge in [-0.1, -0.05) is 103 Å². The van der Waals surface area contributed by atoms with E-state index in [4.69, 9.17) is 0 Å². The molecule has 0 radical (unpaired) electrons. The highest BCUT2D eigenvalue weighted by Gasteiger charge is 2.32. The molecule has 3 rings (SSSR count). The first-order chi connectivity index (χ1) is 13.3. The second-order valence-electron chi connectivity index (χ2n) is 8.60. The molecule has 1 aliphatic rings. The van der Waals surface area contributed by atoms with E-state index in [9.17, 15) is 0 Å². The minimum atomic E-state index is -0.230. The van der Waals surface area contributed by atoms with Crippen LogP contribution in [0.2, 0.25) is 0 Å². The van der Waals surface area contributed by atoms with Crippen LogP contribution < -0.4 is 5.43 Å². The lowest BCUT2D eigenvalue weighted by Gasteiger charge is -2.39. The van der Waals surface area contributed by atoms with Crippen molar-refractivity contribution in [3.05, 3.63) is 71.3 Å². The summed E-state index contributed by atoms with van der Waals surface area (Å²) >= 11 is 0. The monoisotopic (exact) mass is 378 g/mol. The molecule has 0 saturated carbocycles. The van der Waals surface area contributed by atoms with Gasteiger partial charge in [-0.05, 0) is 28.4 Å². The molecular formula is C24H34N4. The number of hydrogen-bond acceptors (Lipinski definition) is 4. The van der Waals surface area contributed by atoms with Crippen molar-refractivity contribution in [1.82, 2.24) is 5.43 Å². The van der Waals surface area contributed by atoms with Crippen molar-refractivity contribution in [2.45, 2.75) is 61.1 Å². The van der Waals surface area contributed by atoms with E-state index in [0.717, 1.165) is 17.5 Å². The van der Waals surface area contributed by atoms with E-state index in [2.05, 4.69) is 79.6 Å². The summed E-state index contributed by atoms with van der Waals surface area (Å²) in [5.41, 5.74) is 6.96. The summed E-state index contributed by atoms with van der Waals surface area (Å²) in [4.78, 5) is 0. The van der Waals surface area contributed by atoms with Crippen LogP contribution in [-0.2, 0) is 6.42 Å². The molecule has 2 aromatic carbocycles. The standard InChI is InChI=1S/C22H28N4.C2H6/c1-21(2,3)22(4,5)15-16-11-13-18(14-12-16)20-25-23-19(24-26-20)17-9-7-6-8-10-17;1-2/h6-14,20,25H,15H2,1-5H3;1-2H3. The van der Waals surface area contributed by atoms with Crippen LogP contribution in [0.1, 0.15) is 71.3 Å². The molecule has 4 heteroatoms. The predicted octanol–water partition coefficient (Wildman–Crippen LogP) is 6.74. The van der Waals surface area contributed by atoms with Crippen LogP contribution in [0.15, 0.2) is 69.9 Å². The number of nitrogens with one attached hydrogen (secondary N) is 1. The molecule has 2 aromatic rings. The molecule has 0 aromatic heterocycles. The maximum atomic E-state index is 4.38. The second kappa shape index (κ2) is 9.13. The Hall–Kier alpha value is -2.49. The quantitative estimate of drug-likeness (QED) is 0.629. The van der Waals surface area contributed by atoms with E-state index >= 15 is 0 Å². The molecule has 28 heavy (non-hydrogen) atoms. The van der Waals surface area contributed by atoms with Gasteiger partial charge in [0, 0.05) is 5.56 Å². The van der Waals surface area contributed by atoms with Crippen molar-refractivity contribution in [3.8, 4) is 0 Å². The predicted molar refractivity (Wildman–Crippen MR) is 118 cm³/mol. The Morgan fingerprint density at radius 2 is 1.46 bits per heavy atom. The van der Waals surface area contributed by atoms with Gasteiger partial charge in [-0.15, -0.1) is 5.11 Å². The Morgan fingerprint density at radius 1 is 0.857 bits per heavy atom. The summed E-state index contributed by atoms with van der Waals surface area (Å²) in [7, 11) is 0. The van der Waals surface area contributed by atoms with Crippen LogP contribution in [0.25, 0.3) is 0 Å². The van der Waals surface area contributed by atoms with Gasteiger partial charge in [0.25, 0.3) is 0 Å². The molecule has 0 spiro atoms. The number of hydrazone groups is 1. The summed E-state index contributed by atoms with van der Waals surface area (Å²) in [6.45, 7) is 15.6. The summed E-state index contributed by atoms with van der Waals surface area (Å²) in [5, 5.41) is 13.0. The van der Waals surface area contributed by atoms with Crippen LogP contribution in [0.3, 0.4) is 0 Å². The third-order valence-corrected chi connectivity index (χ3v) is 5.56. The zero-order valence-corrected chi connectivity index (χ0v) is 18.3. The van der Waals surface area contributed by atoms with Gasteiger partial charge in [0.1, 0.15) is 0 Å². The van der Waals surface area contributed by atoms with E-state index in [-0.39, 0.29) is 17.0 Å². The average Bonchev–Trinajstić information content (AvgIpc) is 2.70. The highest BCUT2D eigenvalue weighted by molar-refractivity contribution is 5.99. The lowest BCUT2D eigenvalue weighted by atomic mass is 9.66. The molecular weight excluding hydrogens is 344 g/mol. The topological polar surface area (TPSA) is 49.1 Å². The van der Waals surface area contributed by atoms with Crippen LogP contribution >= 0.6 is 0 Å². The molecule has 1 N–H and O–H groups in total. The third kappa shape index (κ3) is 5.28. The van der Waals surface area contributed by atoms with Crippen LogP contribution in [-0.4, -0.2) is 5.84 Å². The number of amidine groups is 1. The molecule has 0 fully saturated rings. The van der Waals surface area contributed by atoms with Gasteiger partial charge in [-0.25, -0.2) is 0 Å². The lowest BCUT2D eigenvalue weighted by Crippen LogP contribution is -2.31. The average molecular weight is 379 g/mol. The number of hydrogen-bond donors (Lipinski definition) is 1. The first-order valence-electron chi connectivity index (χ1n) is 10.1. The number of azo groups is 1. The molecule has 1 aliphatic heterocycles. The highest BCUT2D eigenvalue weighted by atomic mass is 15.4. The Kier molecular flexibility index (Phi) is 7.11. The van der Waals surface area contributed by atoms with Crippen molar-refractivity contribution in [2.75, 3.05) is 0 Å². The first kappa shape index (κ1) is 21.8. The van der Waals surface area contributed by atoms with Crippen molar-refractivity contribution in [2.24, 2.45) is 26.2 Å². The first-order valence-corrected chi connectivity index (χ1v) is 10.1. The molecule has 1 atom stereocenters. The van der Waals surface area contributed by atoms with Crippen LogP contribution in [0.4, 0.5) is 0 Å².